The molecular weight excluding hydrogens is 284 g/mol. The zero-order chi connectivity index (χ0) is 12.3. The molecule has 0 aliphatic rings. The van der Waals surface area contributed by atoms with E-state index in [0.29, 0.717) is 0 Å². The van der Waals surface area contributed by atoms with Crippen molar-refractivity contribution < 1.29 is 18.3 Å². The van der Waals surface area contributed by atoms with Gasteiger partial charge < -0.3 is 4.74 Å². The van der Waals surface area contributed by atoms with Crippen molar-refractivity contribution >= 4 is 40.8 Å². The molecular formula is C9H5Cl3F2O2. The highest BCUT2D eigenvalue weighted by Gasteiger charge is 2.29. The third-order valence-electron chi connectivity index (χ3n) is 1.65. The van der Waals surface area contributed by atoms with Crippen LogP contribution in [0.5, 0.6) is 0 Å². The van der Waals surface area contributed by atoms with Crippen LogP contribution in [0.15, 0.2) is 18.2 Å². The molecule has 0 radical (unpaired) electrons. The van der Waals surface area contributed by atoms with Gasteiger partial charge in [0, 0.05) is 10.6 Å². The second-order valence-electron chi connectivity index (χ2n) is 2.77. The number of ether oxygens (including phenoxy) is 1. The van der Waals surface area contributed by atoms with E-state index in [2.05, 4.69) is 4.74 Å². The number of hydrogen-bond donors (Lipinski definition) is 0. The van der Waals surface area contributed by atoms with Gasteiger partial charge in [-0.25, -0.2) is 4.79 Å². The number of rotatable bonds is 3. The molecule has 1 aromatic carbocycles. The first-order valence-electron chi connectivity index (χ1n) is 3.95. The normalized spacial score (nSPS) is 11.3. The lowest BCUT2D eigenvalue weighted by atomic mass is 10.1. The zero-order valence-corrected chi connectivity index (χ0v) is 9.91. The van der Waals surface area contributed by atoms with Crippen LogP contribution < -0.4 is 0 Å². The molecule has 1 aromatic rings. The Hall–Kier alpha value is -0.580. The predicted molar refractivity (Wildman–Crippen MR) is 57.3 cm³/mol. The van der Waals surface area contributed by atoms with Crippen molar-refractivity contribution in [1.82, 2.24) is 0 Å². The first-order valence-corrected chi connectivity index (χ1v) is 5.24. The van der Waals surface area contributed by atoms with E-state index in [1.54, 1.807) is 0 Å². The number of benzene rings is 1. The summed E-state index contributed by atoms with van der Waals surface area (Å²) in [5.74, 6) is -0.848. The molecule has 2 nitrogen and oxygen atoms in total. The summed E-state index contributed by atoms with van der Waals surface area (Å²) in [5.41, 5.74) is -0.716. The van der Waals surface area contributed by atoms with Crippen LogP contribution in [-0.2, 0) is 10.1 Å². The fourth-order valence-corrected chi connectivity index (χ4v) is 1.45. The van der Waals surface area contributed by atoms with Gasteiger partial charge in [-0.3, -0.25) is 0 Å². The Morgan fingerprint density at radius 1 is 1.38 bits per heavy atom. The Labute approximate surface area is 105 Å². The van der Waals surface area contributed by atoms with E-state index in [9.17, 15) is 13.6 Å². The van der Waals surface area contributed by atoms with Crippen molar-refractivity contribution in [2.45, 2.75) is 5.38 Å². The molecule has 0 fully saturated rings. The topological polar surface area (TPSA) is 26.3 Å². The number of carbonyl (C=O) groups excluding carboxylic acids is 1. The summed E-state index contributed by atoms with van der Waals surface area (Å²) in [4.78, 5) is 11.2. The minimum Gasteiger partial charge on any atom is -0.446 e. The summed E-state index contributed by atoms with van der Waals surface area (Å²) in [7, 11) is 0. The predicted octanol–water partition coefficient (Wildman–Crippen LogP) is 3.98. The summed E-state index contributed by atoms with van der Waals surface area (Å²) in [6, 6.07) is 2.67. The van der Waals surface area contributed by atoms with Gasteiger partial charge in [-0.05, 0) is 29.8 Å². The Kier molecular flexibility index (Phi) is 4.35. The number of esters is 1. The van der Waals surface area contributed by atoms with Gasteiger partial charge in [0.2, 0.25) is 0 Å². The van der Waals surface area contributed by atoms with Crippen molar-refractivity contribution in [3.05, 3.63) is 34.3 Å². The lowest BCUT2D eigenvalue weighted by Crippen LogP contribution is -2.08. The molecule has 7 heteroatoms. The molecule has 0 heterocycles. The maximum absolute atomic E-state index is 12.8. The van der Waals surface area contributed by atoms with Crippen LogP contribution in [0, 0.1) is 0 Å². The van der Waals surface area contributed by atoms with E-state index >= 15 is 0 Å². The average Bonchev–Trinajstić information content (AvgIpc) is 2.16. The molecule has 0 spiro atoms. The average molecular weight is 289 g/mol. The smallest absolute Gasteiger partial charge is 0.348 e. The number of carbonyl (C=O) groups is 1. The summed E-state index contributed by atoms with van der Waals surface area (Å²) in [5, 5.41) is -3.64. The fraction of sp³-hybridized carbons (Fsp3) is 0.222. The third-order valence-corrected chi connectivity index (χ3v) is 2.19. The minimum absolute atomic E-state index is 0.0423. The van der Waals surface area contributed by atoms with Crippen LogP contribution in [0.1, 0.15) is 15.9 Å². The molecule has 88 valence electrons. The largest absolute Gasteiger partial charge is 0.446 e. The van der Waals surface area contributed by atoms with Crippen molar-refractivity contribution in [1.29, 1.82) is 0 Å². The molecule has 0 N–H and O–H groups in total. The summed E-state index contributed by atoms with van der Waals surface area (Å²) >= 11 is 15.5. The lowest BCUT2D eigenvalue weighted by Gasteiger charge is -2.10. The molecule has 0 saturated carbocycles. The van der Waals surface area contributed by atoms with Gasteiger partial charge in [0.15, 0.2) is 6.07 Å². The molecule has 0 aromatic heterocycles. The summed E-state index contributed by atoms with van der Waals surface area (Å²) in [6.45, 7) is 0. The van der Waals surface area contributed by atoms with E-state index in [-0.39, 0.29) is 16.7 Å². The maximum atomic E-state index is 12.8. The molecule has 0 aliphatic carbocycles. The molecule has 0 saturated heterocycles. The van der Waals surface area contributed by atoms with E-state index < -0.39 is 16.9 Å². The fourth-order valence-electron chi connectivity index (χ4n) is 1.00. The Balaban J connectivity index is 3.13. The van der Waals surface area contributed by atoms with Gasteiger partial charge >= 0.3 is 11.4 Å². The molecule has 0 amide bonds. The van der Waals surface area contributed by atoms with Crippen LogP contribution in [0.25, 0.3) is 0 Å². The zero-order valence-electron chi connectivity index (χ0n) is 7.65. The Morgan fingerprint density at radius 2 is 2.00 bits per heavy atom. The molecule has 0 bridgehead atoms. The van der Waals surface area contributed by atoms with E-state index in [1.807, 2.05) is 0 Å². The van der Waals surface area contributed by atoms with Gasteiger partial charge in [0.05, 0.1) is 5.56 Å². The van der Waals surface area contributed by atoms with E-state index in [0.717, 1.165) is 12.1 Å². The van der Waals surface area contributed by atoms with E-state index in [1.165, 1.54) is 6.07 Å². The number of hydrogen-bond acceptors (Lipinski definition) is 2. The lowest BCUT2D eigenvalue weighted by molar-refractivity contribution is 0.0573. The van der Waals surface area contributed by atoms with Crippen LogP contribution in [0.4, 0.5) is 8.78 Å². The monoisotopic (exact) mass is 288 g/mol. The van der Waals surface area contributed by atoms with Crippen molar-refractivity contribution in [3.63, 3.8) is 0 Å². The quantitative estimate of drug-likeness (QED) is 0.621. The van der Waals surface area contributed by atoms with Crippen molar-refractivity contribution in [2.24, 2.45) is 0 Å². The Morgan fingerprint density at radius 3 is 2.50 bits per heavy atom. The molecule has 0 atom stereocenters. The van der Waals surface area contributed by atoms with Crippen molar-refractivity contribution in [2.75, 3.05) is 6.07 Å². The first kappa shape index (κ1) is 13.5. The highest BCUT2D eigenvalue weighted by Crippen LogP contribution is 2.34. The highest BCUT2D eigenvalue weighted by molar-refractivity contribution is 6.31. The van der Waals surface area contributed by atoms with Crippen molar-refractivity contribution in [3.8, 4) is 0 Å². The SMILES string of the molecule is O=C(OCCl)c1cc(Cl)cc(C(F)(F)Cl)c1. The second kappa shape index (κ2) is 5.17. The number of alkyl halides is 4. The summed E-state index contributed by atoms with van der Waals surface area (Å²) < 4.78 is 30.0. The minimum atomic E-state index is -3.60. The van der Waals surface area contributed by atoms with Gasteiger partial charge in [-0.15, -0.1) is 0 Å². The highest BCUT2D eigenvalue weighted by atomic mass is 35.5. The molecule has 0 unspecified atom stereocenters. The molecule has 16 heavy (non-hydrogen) atoms. The van der Waals surface area contributed by atoms with E-state index in [4.69, 9.17) is 34.8 Å². The van der Waals surface area contributed by atoms with Gasteiger partial charge in [-0.1, -0.05) is 23.2 Å². The summed E-state index contributed by atoms with van der Waals surface area (Å²) in [6.07, 6.45) is 0. The third kappa shape index (κ3) is 3.47. The van der Waals surface area contributed by atoms with Gasteiger partial charge in [0.25, 0.3) is 0 Å². The van der Waals surface area contributed by atoms with Crippen LogP contribution in [0.2, 0.25) is 5.02 Å². The first-order chi connectivity index (χ1) is 7.34. The van der Waals surface area contributed by atoms with Gasteiger partial charge in [-0.2, -0.15) is 8.78 Å². The van der Waals surface area contributed by atoms with Crippen LogP contribution >= 0.6 is 34.8 Å². The standard InChI is InChI=1S/C9H5Cl3F2O2/c10-4-16-8(15)5-1-6(9(12,13)14)3-7(11)2-5/h1-3H,4H2. The molecule has 0 aliphatic heterocycles. The maximum Gasteiger partial charge on any atom is 0.348 e. The second-order valence-corrected chi connectivity index (χ2v) is 3.90. The Bertz CT molecular complexity index is 404. The molecule has 1 rings (SSSR count). The van der Waals surface area contributed by atoms with Crippen LogP contribution in [-0.4, -0.2) is 12.0 Å². The van der Waals surface area contributed by atoms with Crippen LogP contribution in [0.3, 0.4) is 0 Å². The number of halogens is 5. The van der Waals surface area contributed by atoms with Gasteiger partial charge in [0.1, 0.15) is 0 Å².